The van der Waals surface area contributed by atoms with Gasteiger partial charge in [-0.2, -0.15) is 5.10 Å². The number of likely N-dealkylation sites (N-methyl/N-ethyl adjacent to an activating group) is 1. The molecule has 0 atom stereocenters. The van der Waals surface area contributed by atoms with Gasteiger partial charge in [-0.1, -0.05) is 0 Å². The monoisotopic (exact) mass is 367 g/mol. The smallest absolute Gasteiger partial charge is 0.236 e. The molecule has 0 aliphatic carbocycles. The van der Waals surface area contributed by atoms with E-state index in [1.54, 1.807) is 25.3 Å². The molecule has 0 bridgehead atoms. The fraction of sp³-hybridized carbons (Fsp3) is 0.538. The van der Waals surface area contributed by atoms with Crippen LogP contribution >= 0.6 is 15.9 Å². The average Bonchev–Trinajstić information content (AvgIpc) is 2.90. The van der Waals surface area contributed by atoms with Gasteiger partial charge in [0, 0.05) is 40.3 Å². The molecule has 8 nitrogen and oxygen atoms in total. The van der Waals surface area contributed by atoms with Crippen molar-refractivity contribution >= 4 is 38.7 Å². The molecule has 2 aromatic heterocycles. The van der Waals surface area contributed by atoms with Crippen LogP contribution in [0.5, 0.6) is 0 Å². The number of nitrogens with one attached hydrogen (secondary N) is 1. The molecule has 0 saturated carbocycles. The number of carbonyl (C=O) groups is 1. The van der Waals surface area contributed by atoms with Crippen molar-refractivity contribution in [3.8, 4) is 0 Å². The van der Waals surface area contributed by atoms with Gasteiger partial charge in [0.1, 0.15) is 16.7 Å². The lowest BCUT2D eigenvalue weighted by Gasteiger charge is -2.35. The average molecular weight is 368 g/mol. The number of H-pyrrole nitrogens is 1. The maximum atomic E-state index is 11.8. The van der Waals surface area contributed by atoms with Gasteiger partial charge in [-0.3, -0.25) is 14.8 Å². The van der Waals surface area contributed by atoms with Crippen LogP contribution in [0.15, 0.2) is 10.9 Å². The van der Waals surface area contributed by atoms with Crippen molar-refractivity contribution in [1.29, 1.82) is 0 Å². The van der Waals surface area contributed by atoms with E-state index < -0.39 is 0 Å². The molecule has 3 heterocycles. The Morgan fingerprint density at radius 2 is 2.05 bits per heavy atom. The lowest BCUT2D eigenvalue weighted by atomic mass is 10.2. The number of anilines is 1. The first-order valence-electron chi connectivity index (χ1n) is 7.08. The number of piperazine rings is 1. The zero-order valence-electron chi connectivity index (χ0n) is 12.6. The summed E-state index contributed by atoms with van der Waals surface area (Å²) in [5, 5.41) is 7.91. The Labute approximate surface area is 136 Å². The summed E-state index contributed by atoms with van der Waals surface area (Å²) in [6.45, 7) is 3.78. The van der Waals surface area contributed by atoms with Crippen LogP contribution in [0.25, 0.3) is 11.0 Å². The number of hydrogen-bond acceptors (Lipinski definition) is 6. The van der Waals surface area contributed by atoms with E-state index in [1.165, 1.54) is 0 Å². The number of fused-ring (bicyclic) bond motifs is 1. The number of aromatic nitrogens is 4. The van der Waals surface area contributed by atoms with Crippen LogP contribution in [0.2, 0.25) is 0 Å². The zero-order valence-corrected chi connectivity index (χ0v) is 14.2. The van der Waals surface area contributed by atoms with Gasteiger partial charge in [-0.05, 0) is 15.9 Å². The van der Waals surface area contributed by atoms with E-state index in [9.17, 15) is 4.79 Å². The molecular weight excluding hydrogens is 350 g/mol. The van der Waals surface area contributed by atoms with Gasteiger partial charge >= 0.3 is 0 Å². The summed E-state index contributed by atoms with van der Waals surface area (Å²) in [4.78, 5) is 26.4. The van der Waals surface area contributed by atoms with Crippen LogP contribution in [0.1, 0.15) is 0 Å². The molecule has 118 valence electrons. The predicted octanol–water partition coefficient (Wildman–Crippen LogP) is 0.326. The summed E-state index contributed by atoms with van der Waals surface area (Å²) < 4.78 is 0.725. The first-order chi connectivity index (χ1) is 10.6. The van der Waals surface area contributed by atoms with Gasteiger partial charge < -0.3 is 9.80 Å². The first kappa shape index (κ1) is 15.2. The summed E-state index contributed by atoms with van der Waals surface area (Å²) in [5.74, 6) is 1.01. The number of amides is 1. The fourth-order valence-corrected chi connectivity index (χ4v) is 2.95. The Kier molecular flexibility index (Phi) is 4.25. The SMILES string of the molecule is CN(C)C(=O)CN1CCN(c2ncnc3[nH]nc(Br)c23)CC1. The van der Waals surface area contributed by atoms with Gasteiger partial charge in [0.15, 0.2) is 5.65 Å². The number of halogens is 1. The molecule has 22 heavy (non-hydrogen) atoms. The van der Waals surface area contributed by atoms with Gasteiger partial charge in [0.2, 0.25) is 5.91 Å². The van der Waals surface area contributed by atoms with Gasteiger partial charge in [0.05, 0.1) is 11.9 Å². The van der Waals surface area contributed by atoms with E-state index in [0.29, 0.717) is 6.54 Å². The van der Waals surface area contributed by atoms with Crippen molar-refractivity contribution in [1.82, 2.24) is 30.0 Å². The lowest BCUT2D eigenvalue weighted by Crippen LogP contribution is -2.49. The van der Waals surface area contributed by atoms with Crippen LogP contribution in [-0.4, -0.2) is 82.7 Å². The number of rotatable bonds is 3. The summed E-state index contributed by atoms with van der Waals surface area (Å²) in [6, 6.07) is 0. The van der Waals surface area contributed by atoms with E-state index in [0.717, 1.165) is 47.6 Å². The van der Waals surface area contributed by atoms with E-state index >= 15 is 0 Å². The van der Waals surface area contributed by atoms with E-state index in [2.05, 4.69) is 45.9 Å². The number of carbonyl (C=O) groups excluding carboxylic acids is 1. The Hall–Kier alpha value is -1.74. The van der Waals surface area contributed by atoms with Crippen LogP contribution in [0, 0.1) is 0 Å². The molecule has 2 aromatic rings. The molecule has 0 unspecified atom stereocenters. The van der Waals surface area contributed by atoms with Crippen LogP contribution < -0.4 is 4.90 Å². The molecule has 1 aliphatic rings. The number of hydrogen-bond donors (Lipinski definition) is 1. The quantitative estimate of drug-likeness (QED) is 0.841. The minimum absolute atomic E-state index is 0.135. The maximum Gasteiger partial charge on any atom is 0.236 e. The van der Waals surface area contributed by atoms with Crippen LogP contribution in [-0.2, 0) is 4.79 Å². The topological polar surface area (TPSA) is 81.3 Å². The molecule has 0 aromatic carbocycles. The zero-order chi connectivity index (χ0) is 15.7. The minimum Gasteiger partial charge on any atom is -0.353 e. The molecule has 0 spiro atoms. The van der Waals surface area contributed by atoms with Crippen molar-refractivity contribution in [2.45, 2.75) is 0 Å². The highest BCUT2D eigenvalue weighted by atomic mass is 79.9. The van der Waals surface area contributed by atoms with Gasteiger partial charge in [0.25, 0.3) is 0 Å². The molecule has 1 N–H and O–H groups in total. The summed E-state index contributed by atoms with van der Waals surface area (Å²) in [5.41, 5.74) is 0.724. The summed E-state index contributed by atoms with van der Waals surface area (Å²) in [6.07, 6.45) is 1.55. The molecule has 1 amide bonds. The first-order valence-corrected chi connectivity index (χ1v) is 7.87. The molecule has 0 radical (unpaired) electrons. The van der Waals surface area contributed by atoms with Crippen molar-refractivity contribution in [3.05, 3.63) is 10.9 Å². The third-order valence-electron chi connectivity index (χ3n) is 3.82. The maximum absolute atomic E-state index is 11.8. The Balaban J connectivity index is 1.71. The molecular formula is C13H18BrN7O. The second kappa shape index (κ2) is 6.17. The molecule has 1 saturated heterocycles. The highest BCUT2D eigenvalue weighted by molar-refractivity contribution is 9.10. The van der Waals surface area contributed by atoms with Crippen molar-refractivity contribution in [3.63, 3.8) is 0 Å². The molecule has 1 fully saturated rings. The van der Waals surface area contributed by atoms with Gasteiger partial charge in [-0.25, -0.2) is 9.97 Å². The Morgan fingerprint density at radius 1 is 1.32 bits per heavy atom. The second-order valence-electron chi connectivity index (χ2n) is 5.49. The van der Waals surface area contributed by atoms with Gasteiger partial charge in [-0.15, -0.1) is 0 Å². The molecule has 3 rings (SSSR count). The predicted molar refractivity (Wildman–Crippen MR) is 86.7 cm³/mol. The second-order valence-corrected chi connectivity index (χ2v) is 6.24. The Morgan fingerprint density at radius 3 is 2.73 bits per heavy atom. The third kappa shape index (κ3) is 2.91. The number of nitrogens with zero attached hydrogens (tertiary/aromatic N) is 6. The normalized spacial score (nSPS) is 16.2. The standard InChI is InChI=1S/C13H18BrN7O/c1-19(2)9(22)7-20-3-5-21(6-4-20)13-10-11(14)17-18-12(10)15-8-16-13/h8H,3-7H2,1-2H3,(H,15,16,17,18). The fourth-order valence-electron chi connectivity index (χ4n) is 2.50. The minimum atomic E-state index is 0.135. The highest BCUT2D eigenvalue weighted by Crippen LogP contribution is 2.28. The van der Waals surface area contributed by atoms with E-state index in [4.69, 9.17) is 0 Å². The van der Waals surface area contributed by atoms with Crippen molar-refractivity contribution in [2.75, 3.05) is 51.7 Å². The Bertz CT molecular complexity index is 678. The summed E-state index contributed by atoms with van der Waals surface area (Å²) >= 11 is 3.44. The van der Waals surface area contributed by atoms with Crippen LogP contribution in [0.4, 0.5) is 5.82 Å². The van der Waals surface area contributed by atoms with Crippen molar-refractivity contribution < 1.29 is 4.79 Å². The van der Waals surface area contributed by atoms with Crippen LogP contribution in [0.3, 0.4) is 0 Å². The largest absolute Gasteiger partial charge is 0.353 e. The van der Waals surface area contributed by atoms with Crippen molar-refractivity contribution in [2.24, 2.45) is 0 Å². The molecule has 1 aliphatic heterocycles. The number of aromatic amines is 1. The van der Waals surface area contributed by atoms with E-state index in [-0.39, 0.29) is 5.91 Å². The molecule has 9 heteroatoms. The van der Waals surface area contributed by atoms with E-state index in [1.807, 2.05) is 0 Å². The third-order valence-corrected chi connectivity index (χ3v) is 4.40. The highest BCUT2D eigenvalue weighted by Gasteiger charge is 2.23. The lowest BCUT2D eigenvalue weighted by molar-refractivity contribution is -0.129. The summed E-state index contributed by atoms with van der Waals surface area (Å²) in [7, 11) is 3.57.